The first-order valence-corrected chi connectivity index (χ1v) is 10.6. The van der Waals surface area contributed by atoms with Crippen LogP contribution in [0.2, 0.25) is 0 Å². The van der Waals surface area contributed by atoms with Crippen LogP contribution in [0.25, 0.3) is 16.6 Å². The van der Waals surface area contributed by atoms with Gasteiger partial charge in [-0.25, -0.2) is 9.37 Å². The Morgan fingerprint density at radius 2 is 1.79 bits per heavy atom. The van der Waals surface area contributed by atoms with Crippen LogP contribution in [0.5, 0.6) is 0 Å². The Balaban J connectivity index is 1.89. The molecular formula is C26H24FN3O3. The molecule has 1 heterocycles. The van der Waals surface area contributed by atoms with Crippen LogP contribution in [0.15, 0.2) is 83.7 Å². The summed E-state index contributed by atoms with van der Waals surface area (Å²) < 4.78 is 20.6. The predicted molar refractivity (Wildman–Crippen MR) is 125 cm³/mol. The third-order valence-electron chi connectivity index (χ3n) is 5.53. The number of hydrogen-bond donors (Lipinski definition) is 0. The van der Waals surface area contributed by atoms with E-state index in [-0.39, 0.29) is 30.2 Å². The van der Waals surface area contributed by atoms with E-state index < -0.39 is 11.9 Å². The van der Waals surface area contributed by atoms with Gasteiger partial charge in [-0.15, -0.1) is 0 Å². The van der Waals surface area contributed by atoms with Crippen molar-refractivity contribution in [2.45, 2.75) is 13.0 Å². The largest absolute Gasteiger partial charge is 0.383 e. The number of para-hydroxylation sites is 2. The first-order chi connectivity index (χ1) is 16.0. The third-order valence-corrected chi connectivity index (χ3v) is 5.53. The van der Waals surface area contributed by atoms with Gasteiger partial charge in [0.05, 0.1) is 29.2 Å². The quantitative estimate of drug-likeness (QED) is 0.424. The molecule has 0 aliphatic carbocycles. The van der Waals surface area contributed by atoms with E-state index in [0.717, 1.165) is 0 Å². The molecule has 0 saturated carbocycles. The molecule has 1 amide bonds. The number of rotatable bonds is 7. The fourth-order valence-corrected chi connectivity index (χ4v) is 3.84. The lowest BCUT2D eigenvalue weighted by atomic mass is 10.1. The lowest BCUT2D eigenvalue weighted by Gasteiger charge is -2.30. The number of ether oxygens (including phenoxy) is 1. The van der Waals surface area contributed by atoms with Crippen LogP contribution in [-0.2, 0) is 4.74 Å². The summed E-state index contributed by atoms with van der Waals surface area (Å²) in [5.41, 5.74) is 1.18. The third kappa shape index (κ3) is 4.54. The van der Waals surface area contributed by atoms with Gasteiger partial charge in [0.25, 0.3) is 11.5 Å². The average molecular weight is 445 g/mol. The van der Waals surface area contributed by atoms with Crippen molar-refractivity contribution in [3.63, 3.8) is 0 Å². The molecule has 1 aromatic heterocycles. The van der Waals surface area contributed by atoms with Crippen LogP contribution in [0.3, 0.4) is 0 Å². The molecule has 4 aromatic rings. The Bertz CT molecular complexity index is 1340. The number of aromatic nitrogens is 2. The minimum Gasteiger partial charge on any atom is -0.383 e. The van der Waals surface area contributed by atoms with E-state index in [2.05, 4.69) is 0 Å². The molecule has 168 valence electrons. The molecule has 1 atom stereocenters. The minimum absolute atomic E-state index is 0.215. The van der Waals surface area contributed by atoms with Crippen LogP contribution in [0.4, 0.5) is 4.39 Å². The predicted octanol–water partition coefficient (Wildman–Crippen LogP) is 4.37. The van der Waals surface area contributed by atoms with Crippen LogP contribution in [-0.4, -0.2) is 40.6 Å². The molecule has 0 N–H and O–H groups in total. The van der Waals surface area contributed by atoms with Gasteiger partial charge in [0.1, 0.15) is 11.6 Å². The second-order valence-corrected chi connectivity index (χ2v) is 7.64. The number of benzene rings is 3. The van der Waals surface area contributed by atoms with E-state index in [1.165, 1.54) is 22.8 Å². The topological polar surface area (TPSA) is 64.4 Å². The molecule has 0 aliphatic heterocycles. The van der Waals surface area contributed by atoms with Crippen LogP contribution >= 0.6 is 0 Å². The van der Waals surface area contributed by atoms with Crippen LogP contribution in [0.1, 0.15) is 29.1 Å². The number of amides is 1. The van der Waals surface area contributed by atoms with Gasteiger partial charge in [-0.2, -0.15) is 0 Å². The van der Waals surface area contributed by atoms with Crippen LogP contribution < -0.4 is 5.56 Å². The maximum Gasteiger partial charge on any atom is 0.266 e. The van der Waals surface area contributed by atoms with Gasteiger partial charge in [0.15, 0.2) is 0 Å². The summed E-state index contributed by atoms with van der Waals surface area (Å²) in [5.74, 6) is -0.461. The molecule has 3 aromatic carbocycles. The SMILES string of the molecule is COCCN(C(=O)c1cccc(F)c1)C(C)c1nc2ccccc2c(=O)n1-c1ccccc1. The zero-order valence-corrected chi connectivity index (χ0v) is 18.4. The van der Waals surface area contributed by atoms with E-state index >= 15 is 0 Å². The molecular weight excluding hydrogens is 421 g/mol. The van der Waals surface area contributed by atoms with Crippen molar-refractivity contribution in [2.75, 3.05) is 20.3 Å². The van der Waals surface area contributed by atoms with Gasteiger partial charge < -0.3 is 9.64 Å². The zero-order valence-electron chi connectivity index (χ0n) is 18.4. The second-order valence-electron chi connectivity index (χ2n) is 7.64. The van der Waals surface area contributed by atoms with Crippen molar-refractivity contribution in [2.24, 2.45) is 0 Å². The molecule has 4 rings (SSSR count). The molecule has 0 radical (unpaired) electrons. The molecule has 0 saturated heterocycles. The Labute approximate surface area is 190 Å². The number of hydrogen-bond acceptors (Lipinski definition) is 4. The Kier molecular flexibility index (Phi) is 6.60. The number of nitrogens with zero attached hydrogens (tertiary/aromatic N) is 3. The smallest absolute Gasteiger partial charge is 0.266 e. The van der Waals surface area contributed by atoms with Crippen molar-refractivity contribution in [1.82, 2.24) is 14.5 Å². The van der Waals surface area contributed by atoms with Gasteiger partial charge in [0.2, 0.25) is 0 Å². The molecule has 0 aliphatic rings. The Morgan fingerprint density at radius 3 is 2.52 bits per heavy atom. The molecule has 7 heteroatoms. The highest BCUT2D eigenvalue weighted by molar-refractivity contribution is 5.94. The lowest BCUT2D eigenvalue weighted by Crippen LogP contribution is -2.39. The number of fused-ring (bicyclic) bond motifs is 1. The second kappa shape index (κ2) is 9.75. The number of halogens is 1. The molecule has 0 bridgehead atoms. The highest BCUT2D eigenvalue weighted by Gasteiger charge is 2.27. The van der Waals surface area contributed by atoms with Crippen molar-refractivity contribution in [1.29, 1.82) is 0 Å². The van der Waals surface area contributed by atoms with Gasteiger partial charge in [0, 0.05) is 19.2 Å². The van der Waals surface area contributed by atoms with Gasteiger partial charge in [-0.05, 0) is 49.4 Å². The number of methoxy groups -OCH3 is 1. The van der Waals surface area contributed by atoms with E-state index in [1.807, 2.05) is 43.3 Å². The van der Waals surface area contributed by atoms with Crippen molar-refractivity contribution >= 4 is 16.8 Å². The van der Waals surface area contributed by atoms with E-state index in [4.69, 9.17) is 9.72 Å². The van der Waals surface area contributed by atoms with E-state index in [1.54, 1.807) is 36.3 Å². The van der Waals surface area contributed by atoms with Crippen LogP contribution in [0, 0.1) is 5.82 Å². The highest BCUT2D eigenvalue weighted by Crippen LogP contribution is 2.24. The number of carbonyl (C=O) groups excluding carboxylic acids is 1. The standard InChI is InChI=1S/C26H24FN3O3/c1-18(29(15-16-33-2)25(31)19-9-8-10-20(27)17-19)24-28-23-14-7-6-13-22(23)26(32)30(24)21-11-4-3-5-12-21/h3-14,17-18H,15-16H2,1-2H3. The minimum atomic E-state index is -0.603. The normalized spacial score (nSPS) is 12.0. The fraction of sp³-hybridized carbons (Fsp3) is 0.192. The lowest BCUT2D eigenvalue weighted by molar-refractivity contribution is 0.0605. The first kappa shape index (κ1) is 22.4. The maximum atomic E-state index is 13.8. The summed E-state index contributed by atoms with van der Waals surface area (Å²) in [6.07, 6.45) is 0. The summed E-state index contributed by atoms with van der Waals surface area (Å²) in [6, 6.07) is 21.3. The summed E-state index contributed by atoms with van der Waals surface area (Å²) in [5, 5.41) is 0.484. The maximum absolute atomic E-state index is 13.8. The molecule has 0 spiro atoms. The Hall–Kier alpha value is -3.84. The number of carbonyl (C=O) groups is 1. The highest BCUT2D eigenvalue weighted by atomic mass is 19.1. The first-order valence-electron chi connectivity index (χ1n) is 10.6. The summed E-state index contributed by atoms with van der Waals surface area (Å²) in [4.78, 5) is 33.3. The van der Waals surface area contributed by atoms with Gasteiger partial charge in [-0.1, -0.05) is 36.4 Å². The zero-order chi connectivity index (χ0) is 23.4. The molecule has 33 heavy (non-hydrogen) atoms. The average Bonchev–Trinajstić information content (AvgIpc) is 2.84. The monoisotopic (exact) mass is 445 g/mol. The summed E-state index contributed by atoms with van der Waals surface area (Å²) in [7, 11) is 1.55. The van der Waals surface area contributed by atoms with Crippen molar-refractivity contribution in [3.05, 3.63) is 106 Å². The Morgan fingerprint density at radius 1 is 1.06 bits per heavy atom. The summed E-state index contributed by atoms with van der Waals surface area (Å²) >= 11 is 0. The molecule has 6 nitrogen and oxygen atoms in total. The van der Waals surface area contributed by atoms with E-state index in [9.17, 15) is 14.0 Å². The van der Waals surface area contributed by atoms with Crippen molar-refractivity contribution in [3.8, 4) is 5.69 Å². The van der Waals surface area contributed by atoms with Crippen molar-refractivity contribution < 1.29 is 13.9 Å². The summed E-state index contributed by atoms with van der Waals surface area (Å²) in [6.45, 7) is 2.32. The van der Waals surface area contributed by atoms with E-state index in [0.29, 0.717) is 22.4 Å². The molecule has 1 unspecified atom stereocenters. The van der Waals surface area contributed by atoms with Gasteiger partial charge >= 0.3 is 0 Å². The molecule has 0 fully saturated rings. The fourth-order valence-electron chi connectivity index (χ4n) is 3.84. The van der Waals surface area contributed by atoms with Gasteiger partial charge in [-0.3, -0.25) is 14.2 Å².